The maximum absolute atomic E-state index is 13.0. The van der Waals surface area contributed by atoms with Crippen LogP contribution in [0, 0.1) is 0 Å². The molecule has 0 aromatic carbocycles. The number of carbonyl (C=O) groups is 1. The minimum atomic E-state index is -4.48. The van der Waals surface area contributed by atoms with E-state index in [0.29, 0.717) is 38.9 Å². The molecule has 4 rings (SSSR count). The van der Waals surface area contributed by atoms with Crippen LogP contribution in [0.5, 0.6) is 5.75 Å². The molecule has 0 radical (unpaired) electrons. The molecular formula is C22H26BrF3N6O5. The molecule has 0 spiro atoms. The quantitative estimate of drug-likeness (QED) is 0.467. The molecule has 2 atom stereocenters. The average molecular weight is 591 g/mol. The molecule has 11 nitrogen and oxygen atoms in total. The highest BCUT2D eigenvalue weighted by Crippen LogP contribution is 2.30. The van der Waals surface area contributed by atoms with Crippen molar-refractivity contribution < 1.29 is 32.2 Å². The zero-order valence-electron chi connectivity index (χ0n) is 19.9. The van der Waals surface area contributed by atoms with Crippen molar-refractivity contribution in [2.24, 2.45) is 0 Å². The first kappa shape index (κ1) is 27.3. The molecule has 0 saturated carbocycles. The van der Waals surface area contributed by atoms with Crippen molar-refractivity contribution in [1.82, 2.24) is 25.1 Å². The summed E-state index contributed by atoms with van der Waals surface area (Å²) in [4.78, 5) is 36.1. The highest BCUT2D eigenvalue weighted by Gasteiger charge is 2.38. The van der Waals surface area contributed by atoms with E-state index in [1.165, 1.54) is 13.3 Å². The van der Waals surface area contributed by atoms with Gasteiger partial charge in [0.2, 0.25) is 5.95 Å². The summed E-state index contributed by atoms with van der Waals surface area (Å²) < 4.78 is 55.3. The molecule has 2 aliphatic heterocycles. The third-order valence-corrected chi connectivity index (χ3v) is 6.99. The third-order valence-electron chi connectivity index (χ3n) is 6.24. The van der Waals surface area contributed by atoms with E-state index in [-0.39, 0.29) is 41.3 Å². The molecule has 2 saturated heterocycles. The van der Waals surface area contributed by atoms with E-state index in [1.54, 1.807) is 4.90 Å². The van der Waals surface area contributed by atoms with Crippen LogP contribution in [0.2, 0.25) is 0 Å². The Morgan fingerprint density at radius 1 is 1.11 bits per heavy atom. The lowest BCUT2D eigenvalue weighted by atomic mass is 10.0. The zero-order valence-corrected chi connectivity index (χ0v) is 21.5. The van der Waals surface area contributed by atoms with Gasteiger partial charge >= 0.3 is 6.18 Å². The number of alkyl halides is 3. The second-order valence-electron chi connectivity index (χ2n) is 8.70. The Morgan fingerprint density at radius 3 is 2.46 bits per heavy atom. The molecule has 202 valence electrons. The van der Waals surface area contributed by atoms with E-state index in [2.05, 4.69) is 36.1 Å². The smallest absolute Gasteiger partial charge is 0.419 e. The first-order valence-corrected chi connectivity index (χ1v) is 12.4. The monoisotopic (exact) mass is 590 g/mol. The summed E-state index contributed by atoms with van der Waals surface area (Å²) in [5.41, 5.74) is -1.33. The van der Waals surface area contributed by atoms with Crippen LogP contribution >= 0.6 is 15.9 Å². The first-order valence-electron chi connectivity index (χ1n) is 11.6. The average Bonchev–Trinajstić information content (AvgIpc) is 3.25. The van der Waals surface area contributed by atoms with Gasteiger partial charge in [0, 0.05) is 51.6 Å². The predicted molar refractivity (Wildman–Crippen MR) is 127 cm³/mol. The SMILES string of the molecule is COCC(CO[C@@H]1CCN(C2CCN(c3ncc(C(F)(F)F)cn3)CC2)C1=O)Oc1cn[nH]c(=O)c1Br. The fourth-order valence-electron chi connectivity index (χ4n) is 4.35. The summed E-state index contributed by atoms with van der Waals surface area (Å²) >= 11 is 3.16. The summed E-state index contributed by atoms with van der Waals surface area (Å²) in [6.45, 7) is 1.84. The molecule has 15 heteroatoms. The van der Waals surface area contributed by atoms with Crippen LogP contribution in [0.1, 0.15) is 24.8 Å². The van der Waals surface area contributed by atoms with Crippen LogP contribution in [0.15, 0.2) is 27.9 Å². The summed E-state index contributed by atoms with van der Waals surface area (Å²) in [6, 6.07) is -0.00380. The number of ether oxygens (including phenoxy) is 3. The van der Waals surface area contributed by atoms with E-state index in [0.717, 1.165) is 12.4 Å². The number of hydrogen-bond donors (Lipinski definition) is 1. The number of amides is 1. The summed E-state index contributed by atoms with van der Waals surface area (Å²) in [6.07, 6.45) is -0.944. The van der Waals surface area contributed by atoms with Gasteiger partial charge in [0.15, 0.2) is 5.75 Å². The van der Waals surface area contributed by atoms with Crippen molar-refractivity contribution in [2.45, 2.75) is 43.7 Å². The van der Waals surface area contributed by atoms with Gasteiger partial charge in [-0.25, -0.2) is 15.1 Å². The number of aromatic nitrogens is 4. The number of anilines is 1. The number of carbonyl (C=O) groups excluding carboxylic acids is 1. The number of hydrogen-bond acceptors (Lipinski definition) is 9. The number of methoxy groups -OCH3 is 1. The molecular weight excluding hydrogens is 565 g/mol. The normalized spacial score (nSPS) is 19.9. The Morgan fingerprint density at radius 2 is 1.81 bits per heavy atom. The highest BCUT2D eigenvalue weighted by atomic mass is 79.9. The van der Waals surface area contributed by atoms with Gasteiger partial charge in [0.25, 0.3) is 11.5 Å². The Kier molecular flexibility index (Phi) is 8.64. The van der Waals surface area contributed by atoms with Crippen molar-refractivity contribution in [3.63, 3.8) is 0 Å². The van der Waals surface area contributed by atoms with Gasteiger partial charge in [0.05, 0.1) is 25.0 Å². The minimum Gasteiger partial charge on any atom is -0.483 e. The number of nitrogens with one attached hydrogen (secondary N) is 1. The first-order chi connectivity index (χ1) is 17.7. The molecule has 4 heterocycles. The highest BCUT2D eigenvalue weighted by molar-refractivity contribution is 9.10. The van der Waals surface area contributed by atoms with E-state index >= 15 is 0 Å². The fraction of sp³-hybridized carbons (Fsp3) is 0.591. The minimum absolute atomic E-state index is 0.00380. The molecule has 1 N–H and O–H groups in total. The number of likely N-dealkylation sites (tertiary alicyclic amines) is 1. The number of piperidine rings is 1. The van der Waals surface area contributed by atoms with Crippen molar-refractivity contribution in [3.8, 4) is 5.75 Å². The van der Waals surface area contributed by atoms with Gasteiger partial charge in [-0.1, -0.05) is 0 Å². The number of nitrogens with zero attached hydrogens (tertiary/aromatic N) is 5. The van der Waals surface area contributed by atoms with Crippen molar-refractivity contribution >= 4 is 27.8 Å². The molecule has 1 amide bonds. The van der Waals surface area contributed by atoms with Crippen LogP contribution in [0.3, 0.4) is 0 Å². The molecule has 2 aromatic rings. The van der Waals surface area contributed by atoms with Gasteiger partial charge in [-0.15, -0.1) is 0 Å². The molecule has 37 heavy (non-hydrogen) atoms. The molecule has 2 aromatic heterocycles. The second kappa shape index (κ2) is 11.7. The maximum atomic E-state index is 13.0. The molecule has 0 bridgehead atoms. The largest absolute Gasteiger partial charge is 0.483 e. The summed E-state index contributed by atoms with van der Waals surface area (Å²) in [7, 11) is 1.51. The second-order valence-corrected chi connectivity index (χ2v) is 9.50. The van der Waals surface area contributed by atoms with Crippen molar-refractivity contribution in [3.05, 3.63) is 39.0 Å². The maximum Gasteiger partial charge on any atom is 0.419 e. The van der Waals surface area contributed by atoms with E-state index < -0.39 is 29.5 Å². The van der Waals surface area contributed by atoms with Crippen LogP contribution in [0.4, 0.5) is 19.1 Å². The van der Waals surface area contributed by atoms with Crippen LogP contribution < -0.4 is 15.2 Å². The summed E-state index contributed by atoms with van der Waals surface area (Å²) in [5, 5.41) is 6.00. The lowest BCUT2D eigenvalue weighted by molar-refractivity contribution is -0.141. The lowest BCUT2D eigenvalue weighted by Crippen LogP contribution is -2.47. The van der Waals surface area contributed by atoms with Gasteiger partial charge in [-0.2, -0.15) is 18.3 Å². The van der Waals surface area contributed by atoms with Gasteiger partial charge in [0.1, 0.15) is 16.7 Å². The van der Waals surface area contributed by atoms with Crippen LogP contribution in [-0.4, -0.2) is 89.2 Å². The third kappa shape index (κ3) is 6.57. The zero-order chi connectivity index (χ0) is 26.6. The van der Waals surface area contributed by atoms with Gasteiger partial charge in [-0.3, -0.25) is 9.59 Å². The predicted octanol–water partition coefficient (Wildman–Crippen LogP) is 2.02. The summed E-state index contributed by atoms with van der Waals surface area (Å²) in [5.74, 6) is 0.365. The van der Waals surface area contributed by atoms with E-state index in [4.69, 9.17) is 14.2 Å². The fourth-order valence-corrected chi connectivity index (χ4v) is 4.64. The standard InChI is InChI=1S/C22H26BrF3N6O5/c1-35-11-15(37-17-10-29-30-19(33)18(17)23)12-36-16-4-7-32(20(16)34)14-2-5-31(6-3-14)21-27-8-13(9-28-21)22(24,25)26/h8-10,14-16H,2-7,11-12H2,1H3,(H,30,33)/t15?,16-/m1/s1. The number of H-pyrrole nitrogens is 1. The molecule has 2 fully saturated rings. The Bertz CT molecular complexity index is 1130. The number of halogens is 4. The van der Waals surface area contributed by atoms with Crippen LogP contribution in [0.25, 0.3) is 0 Å². The van der Waals surface area contributed by atoms with E-state index in [1.807, 2.05) is 4.90 Å². The topological polar surface area (TPSA) is 123 Å². The Hall–Kier alpha value is -2.78. The Balaban J connectivity index is 1.28. The number of aromatic amines is 1. The van der Waals surface area contributed by atoms with Crippen LogP contribution in [-0.2, 0) is 20.4 Å². The lowest BCUT2D eigenvalue weighted by Gasteiger charge is -2.36. The van der Waals surface area contributed by atoms with Gasteiger partial charge in [-0.05, 0) is 28.8 Å². The molecule has 2 aliphatic rings. The van der Waals surface area contributed by atoms with Crippen molar-refractivity contribution in [1.29, 1.82) is 0 Å². The molecule has 1 unspecified atom stereocenters. The van der Waals surface area contributed by atoms with E-state index in [9.17, 15) is 22.8 Å². The van der Waals surface area contributed by atoms with Crippen molar-refractivity contribution in [2.75, 3.05) is 44.9 Å². The Labute approximate surface area is 218 Å². The van der Waals surface area contributed by atoms with Gasteiger partial charge < -0.3 is 24.0 Å². The number of rotatable bonds is 9. The molecule has 0 aliphatic carbocycles.